The summed E-state index contributed by atoms with van der Waals surface area (Å²) in [6.45, 7) is 0. The van der Waals surface area contributed by atoms with Gasteiger partial charge in [-0.2, -0.15) is 0 Å². The lowest BCUT2D eigenvalue weighted by Crippen LogP contribution is -1.88. The van der Waals surface area contributed by atoms with Crippen LogP contribution in [-0.4, -0.2) is 17.1 Å². The Morgan fingerprint density at radius 1 is 1.29 bits per heavy atom. The van der Waals surface area contributed by atoms with E-state index in [1.54, 1.807) is 13.3 Å². The van der Waals surface area contributed by atoms with Crippen molar-refractivity contribution in [1.29, 1.82) is 0 Å². The van der Waals surface area contributed by atoms with Crippen molar-refractivity contribution in [3.8, 4) is 5.75 Å². The Morgan fingerprint density at radius 2 is 2.07 bits per heavy atom. The van der Waals surface area contributed by atoms with Gasteiger partial charge in [0, 0.05) is 17.6 Å². The maximum atomic E-state index is 5.17. The van der Waals surface area contributed by atoms with Crippen LogP contribution in [0.2, 0.25) is 0 Å². The highest BCUT2D eigenvalue weighted by Crippen LogP contribution is 2.29. The normalized spacial score (nSPS) is 10.5. The van der Waals surface area contributed by atoms with Gasteiger partial charge in [-0.15, -0.1) is 0 Å². The van der Waals surface area contributed by atoms with E-state index in [9.17, 15) is 0 Å². The number of methoxy groups -OCH3 is 1. The lowest BCUT2D eigenvalue weighted by molar-refractivity contribution is 0.412. The summed E-state index contributed by atoms with van der Waals surface area (Å²) in [5, 5.41) is 0.973. The largest absolute Gasteiger partial charge is 0.495 e. The summed E-state index contributed by atoms with van der Waals surface area (Å²) in [4.78, 5) is 8.28. The molecule has 1 aromatic carbocycles. The molecule has 0 N–H and O–H groups in total. The fourth-order valence-corrected chi connectivity index (χ4v) is 1.98. The van der Waals surface area contributed by atoms with E-state index in [1.165, 1.54) is 0 Å². The van der Waals surface area contributed by atoms with E-state index < -0.39 is 0 Å². The van der Waals surface area contributed by atoms with E-state index in [4.69, 9.17) is 4.74 Å². The Balaban J connectivity index is 2.73. The first kappa shape index (κ1) is 9.86. The molecule has 2 rings (SSSR count). The Hall–Kier alpha value is -0.680. The van der Waals surface area contributed by atoms with Gasteiger partial charge in [0.2, 0.25) is 0 Å². The number of rotatable bonds is 1. The van der Waals surface area contributed by atoms with Gasteiger partial charge in [0.1, 0.15) is 5.75 Å². The minimum Gasteiger partial charge on any atom is -0.495 e. The molecule has 1 aromatic heterocycles. The third-order valence-corrected chi connectivity index (χ3v) is 2.83. The highest BCUT2D eigenvalue weighted by atomic mass is 79.9. The lowest BCUT2D eigenvalue weighted by Gasteiger charge is -2.04. The molecule has 0 aliphatic carbocycles. The van der Waals surface area contributed by atoms with Crippen molar-refractivity contribution in [2.45, 2.75) is 0 Å². The third kappa shape index (κ3) is 1.74. The van der Waals surface area contributed by atoms with Gasteiger partial charge >= 0.3 is 0 Å². The van der Waals surface area contributed by atoms with Crippen molar-refractivity contribution in [3.63, 3.8) is 0 Å². The maximum absolute atomic E-state index is 5.17. The van der Waals surface area contributed by atoms with Crippen LogP contribution < -0.4 is 4.74 Å². The molecular formula is C9H6Br2N2O. The van der Waals surface area contributed by atoms with Gasteiger partial charge in [-0.05, 0) is 37.9 Å². The number of halogens is 2. The first-order chi connectivity index (χ1) is 6.70. The molecule has 5 heteroatoms. The summed E-state index contributed by atoms with van der Waals surface area (Å²) >= 11 is 6.63. The molecule has 1 heterocycles. The minimum absolute atomic E-state index is 0.578. The number of aromatic nitrogens is 2. The first-order valence-electron chi connectivity index (χ1n) is 3.86. The molecule has 14 heavy (non-hydrogen) atoms. The molecular weight excluding hydrogens is 312 g/mol. The van der Waals surface area contributed by atoms with E-state index in [2.05, 4.69) is 41.8 Å². The van der Waals surface area contributed by atoms with Crippen LogP contribution in [0.3, 0.4) is 0 Å². The monoisotopic (exact) mass is 316 g/mol. The van der Waals surface area contributed by atoms with Crippen LogP contribution in [0.25, 0.3) is 10.9 Å². The molecule has 0 aliphatic rings. The molecule has 0 saturated carbocycles. The minimum atomic E-state index is 0.578. The van der Waals surface area contributed by atoms with Gasteiger partial charge in [-0.25, -0.2) is 9.97 Å². The van der Waals surface area contributed by atoms with Gasteiger partial charge in [0.05, 0.1) is 17.1 Å². The predicted octanol–water partition coefficient (Wildman–Crippen LogP) is 3.16. The van der Waals surface area contributed by atoms with Crippen LogP contribution in [0.15, 0.2) is 27.5 Å². The van der Waals surface area contributed by atoms with Crippen molar-refractivity contribution < 1.29 is 4.74 Å². The van der Waals surface area contributed by atoms with Gasteiger partial charge in [0.15, 0.2) is 4.73 Å². The molecule has 0 unspecified atom stereocenters. The van der Waals surface area contributed by atoms with Gasteiger partial charge in [-0.1, -0.05) is 0 Å². The Kier molecular flexibility index (Phi) is 2.69. The molecule has 0 fully saturated rings. The zero-order valence-corrected chi connectivity index (χ0v) is 10.5. The molecule has 3 nitrogen and oxygen atoms in total. The van der Waals surface area contributed by atoms with Crippen LogP contribution in [0, 0.1) is 0 Å². The number of nitrogens with zero attached hydrogens (tertiary/aromatic N) is 2. The van der Waals surface area contributed by atoms with E-state index in [-0.39, 0.29) is 0 Å². The molecule has 0 spiro atoms. The molecule has 72 valence electrons. The van der Waals surface area contributed by atoms with Crippen LogP contribution in [0.4, 0.5) is 0 Å². The SMILES string of the molecule is COc1cc2nc(Br)ncc2cc1Br. The highest BCUT2D eigenvalue weighted by molar-refractivity contribution is 9.10. The van der Waals surface area contributed by atoms with E-state index in [0.717, 1.165) is 21.1 Å². The molecule has 0 atom stereocenters. The quantitative estimate of drug-likeness (QED) is 0.758. The maximum Gasteiger partial charge on any atom is 0.197 e. The second-order valence-corrected chi connectivity index (χ2v) is 4.25. The molecule has 2 aromatic rings. The zero-order valence-electron chi connectivity index (χ0n) is 7.29. The molecule has 0 amide bonds. The second-order valence-electron chi connectivity index (χ2n) is 2.68. The average Bonchev–Trinajstić information content (AvgIpc) is 2.17. The Labute approximate surface area is 97.8 Å². The molecule has 0 saturated heterocycles. The predicted molar refractivity (Wildman–Crippen MR) is 61.5 cm³/mol. The molecule has 0 bridgehead atoms. The van der Waals surface area contributed by atoms with Crippen LogP contribution in [0.1, 0.15) is 0 Å². The zero-order chi connectivity index (χ0) is 10.1. The fraction of sp³-hybridized carbons (Fsp3) is 0.111. The van der Waals surface area contributed by atoms with E-state index >= 15 is 0 Å². The number of hydrogen-bond acceptors (Lipinski definition) is 3. The summed E-state index contributed by atoms with van der Waals surface area (Å²) in [5.74, 6) is 0.767. The third-order valence-electron chi connectivity index (χ3n) is 1.82. The standard InChI is InChI=1S/C9H6Br2N2O/c1-14-8-3-7-5(2-6(8)10)4-12-9(11)13-7/h2-4H,1H3. The van der Waals surface area contributed by atoms with Gasteiger partial charge in [0.25, 0.3) is 0 Å². The Morgan fingerprint density at radius 3 is 2.79 bits per heavy atom. The summed E-state index contributed by atoms with van der Waals surface area (Å²) < 4.78 is 6.65. The van der Waals surface area contributed by atoms with Crippen LogP contribution in [0.5, 0.6) is 5.75 Å². The molecule has 0 aliphatic heterocycles. The summed E-state index contributed by atoms with van der Waals surface area (Å²) in [5.41, 5.74) is 0.854. The van der Waals surface area contributed by atoms with Crippen molar-refractivity contribution in [3.05, 3.63) is 27.5 Å². The average molecular weight is 318 g/mol. The lowest BCUT2D eigenvalue weighted by atomic mass is 10.2. The topological polar surface area (TPSA) is 35.0 Å². The summed E-state index contributed by atoms with van der Waals surface area (Å²) in [6, 6.07) is 3.80. The van der Waals surface area contributed by atoms with Crippen molar-refractivity contribution in [2.24, 2.45) is 0 Å². The first-order valence-corrected chi connectivity index (χ1v) is 5.45. The fourth-order valence-electron chi connectivity index (χ4n) is 1.17. The summed E-state index contributed by atoms with van der Waals surface area (Å²) in [6.07, 6.45) is 1.76. The van der Waals surface area contributed by atoms with Crippen molar-refractivity contribution in [1.82, 2.24) is 9.97 Å². The highest BCUT2D eigenvalue weighted by Gasteiger charge is 2.04. The van der Waals surface area contributed by atoms with Gasteiger partial charge < -0.3 is 4.74 Å². The number of hydrogen-bond donors (Lipinski definition) is 0. The van der Waals surface area contributed by atoms with E-state index in [0.29, 0.717) is 4.73 Å². The van der Waals surface area contributed by atoms with Crippen LogP contribution in [-0.2, 0) is 0 Å². The van der Waals surface area contributed by atoms with Crippen LogP contribution >= 0.6 is 31.9 Å². The van der Waals surface area contributed by atoms with Gasteiger partial charge in [-0.3, -0.25) is 0 Å². The van der Waals surface area contributed by atoms with Crippen molar-refractivity contribution >= 4 is 42.8 Å². The summed E-state index contributed by atoms with van der Waals surface area (Å²) in [7, 11) is 1.63. The number of ether oxygens (including phenoxy) is 1. The number of benzene rings is 1. The van der Waals surface area contributed by atoms with E-state index in [1.807, 2.05) is 12.1 Å². The molecule has 0 radical (unpaired) electrons. The Bertz CT molecular complexity index is 487. The second kappa shape index (κ2) is 3.82. The van der Waals surface area contributed by atoms with Crippen molar-refractivity contribution in [2.75, 3.05) is 7.11 Å². The smallest absolute Gasteiger partial charge is 0.197 e. The number of fused-ring (bicyclic) bond motifs is 1.